The first-order valence-electron chi connectivity index (χ1n) is 7.18. The quantitative estimate of drug-likeness (QED) is 0.711. The van der Waals surface area contributed by atoms with Crippen molar-refractivity contribution in [3.8, 4) is 0 Å². The lowest BCUT2D eigenvalue weighted by atomic mass is 10.2. The minimum Gasteiger partial charge on any atom is -0.461 e. The van der Waals surface area contributed by atoms with E-state index in [4.69, 9.17) is 4.74 Å². The van der Waals surface area contributed by atoms with Gasteiger partial charge in [-0.05, 0) is 36.1 Å². The molecule has 0 spiro atoms. The Kier molecular flexibility index (Phi) is 4.66. The van der Waals surface area contributed by atoms with Gasteiger partial charge in [0.15, 0.2) is 5.69 Å². The summed E-state index contributed by atoms with van der Waals surface area (Å²) >= 11 is 1.34. The zero-order valence-electron chi connectivity index (χ0n) is 12.7. The average molecular weight is 349 g/mol. The van der Waals surface area contributed by atoms with Gasteiger partial charge < -0.3 is 10.1 Å². The number of carbonyl (C=O) groups is 1. The van der Waals surface area contributed by atoms with Gasteiger partial charge in [-0.2, -0.15) is 0 Å². The lowest BCUT2D eigenvalue weighted by Crippen LogP contribution is -2.11. The third-order valence-corrected chi connectivity index (χ3v) is 4.06. The molecule has 0 bridgehead atoms. The molecule has 2 heterocycles. The monoisotopic (exact) mass is 349 g/mol. The second kappa shape index (κ2) is 6.88. The highest BCUT2D eigenvalue weighted by atomic mass is 32.1. The fourth-order valence-electron chi connectivity index (χ4n) is 2.17. The topological polar surface area (TPSA) is 64.1 Å². The summed E-state index contributed by atoms with van der Waals surface area (Å²) in [6.07, 6.45) is 0. The number of carbonyl (C=O) groups excluding carboxylic acids is 1. The number of esters is 1. The first kappa shape index (κ1) is 16.3. The highest BCUT2D eigenvalue weighted by Gasteiger charge is 2.17. The maximum atomic E-state index is 13.2. The number of aromatic nitrogens is 2. The summed E-state index contributed by atoms with van der Waals surface area (Å²) in [5.41, 5.74) is 1.18. The number of hydrogen-bond donors (Lipinski definition) is 1. The molecule has 5 nitrogen and oxygen atoms in total. The van der Waals surface area contributed by atoms with Crippen molar-refractivity contribution in [2.24, 2.45) is 0 Å². The van der Waals surface area contributed by atoms with Crippen molar-refractivity contribution in [3.63, 3.8) is 0 Å². The lowest BCUT2D eigenvalue weighted by Gasteiger charge is -2.08. The SMILES string of the molecule is CCOC(=O)c1nc(NCc2cc(F)cc(F)c2)nc2ccsc12. The van der Waals surface area contributed by atoms with Crippen molar-refractivity contribution >= 4 is 33.5 Å². The van der Waals surface area contributed by atoms with Crippen LogP contribution in [-0.2, 0) is 11.3 Å². The fraction of sp³-hybridized carbons (Fsp3) is 0.188. The van der Waals surface area contributed by atoms with E-state index in [9.17, 15) is 13.6 Å². The molecule has 0 radical (unpaired) electrons. The zero-order chi connectivity index (χ0) is 17.1. The summed E-state index contributed by atoms with van der Waals surface area (Å²) in [4.78, 5) is 20.5. The normalized spacial score (nSPS) is 10.8. The van der Waals surface area contributed by atoms with Gasteiger partial charge in [-0.15, -0.1) is 11.3 Å². The van der Waals surface area contributed by atoms with Gasteiger partial charge >= 0.3 is 5.97 Å². The molecule has 0 amide bonds. The molecule has 0 atom stereocenters. The number of nitrogens with one attached hydrogen (secondary N) is 1. The Hall–Kier alpha value is -2.61. The first-order valence-corrected chi connectivity index (χ1v) is 8.06. The lowest BCUT2D eigenvalue weighted by molar-refractivity contribution is 0.0522. The summed E-state index contributed by atoms with van der Waals surface area (Å²) in [5, 5.41) is 4.68. The number of ether oxygens (including phenoxy) is 1. The number of benzene rings is 1. The van der Waals surface area contributed by atoms with Crippen LogP contribution in [0.2, 0.25) is 0 Å². The van der Waals surface area contributed by atoms with E-state index in [2.05, 4.69) is 15.3 Å². The van der Waals surface area contributed by atoms with Crippen molar-refractivity contribution in [3.05, 3.63) is 52.5 Å². The Labute approximate surface area is 140 Å². The molecule has 8 heteroatoms. The predicted octanol–water partition coefficient (Wildman–Crippen LogP) is 3.76. The minimum atomic E-state index is -0.659. The second-order valence-electron chi connectivity index (χ2n) is 4.88. The molecule has 24 heavy (non-hydrogen) atoms. The Morgan fingerprint density at radius 3 is 2.71 bits per heavy atom. The first-order chi connectivity index (χ1) is 11.6. The highest BCUT2D eigenvalue weighted by Crippen LogP contribution is 2.24. The van der Waals surface area contributed by atoms with E-state index in [1.165, 1.54) is 23.5 Å². The largest absolute Gasteiger partial charge is 0.461 e. The summed E-state index contributed by atoms with van der Waals surface area (Å²) in [5.74, 6) is -1.66. The van der Waals surface area contributed by atoms with Gasteiger partial charge in [0.25, 0.3) is 0 Å². The van der Waals surface area contributed by atoms with E-state index >= 15 is 0 Å². The van der Waals surface area contributed by atoms with Crippen LogP contribution in [0.5, 0.6) is 0 Å². The number of nitrogens with zero attached hydrogens (tertiary/aromatic N) is 2. The third kappa shape index (κ3) is 3.48. The smallest absolute Gasteiger partial charge is 0.358 e. The van der Waals surface area contributed by atoms with Gasteiger partial charge in [-0.3, -0.25) is 0 Å². The summed E-state index contributed by atoms with van der Waals surface area (Å²) < 4.78 is 32.1. The minimum absolute atomic E-state index is 0.118. The molecule has 0 aliphatic heterocycles. The number of hydrogen-bond acceptors (Lipinski definition) is 6. The molecule has 1 aromatic carbocycles. The van der Waals surface area contributed by atoms with Gasteiger partial charge in [-0.25, -0.2) is 23.5 Å². The van der Waals surface area contributed by atoms with Gasteiger partial charge in [-0.1, -0.05) is 0 Å². The van der Waals surface area contributed by atoms with Crippen molar-refractivity contribution in [2.45, 2.75) is 13.5 Å². The van der Waals surface area contributed by atoms with Crippen molar-refractivity contribution in [1.29, 1.82) is 0 Å². The number of halogens is 2. The third-order valence-electron chi connectivity index (χ3n) is 3.15. The van der Waals surface area contributed by atoms with Gasteiger partial charge in [0.05, 0.1) is 16.8 Å². The van der Waals surface area contributed by atoms with Crippen LogP contribution in [0.15, 0.2) is 29.6 Å². The Morgan fingerprint density at radius 2 is 2.00 bits per heavy atom. The van der Waals surface area contributed by atoms with Crippen molar-refractivity contribution in [2.75, 3.05) is 11.9 Å². The van der Waals surface area contributed by atoms with Gasteiger partial charge in [0.2, 0.25) is 5.95 Å². The van der Waals surface area contributed by atoms with Crippen LogP contribution in [0.1, 0.15) is 23.0 Å². The van der Waals surface area contributed by atoms with Crippen LogP contribution in [0.4, 0.5) is 14.7 Å². The molecular formula is C16H13F2N3O2S. The Balaban J connectivity index is 1.87. The predicted molar refractivity (Wildman–Crippen MR) is 87.1 cm³/mol. The van der Waals surface area contributed by atoms with Gasteiger partial charge in [0.1, 0.15) is 11.6 Å². The van der Waals surface area contributed by atoms with Crippen molar-refractivity contribution in [1.82, 2.24) is 9.97 Å². The van der Waals surface area contributed by atoms with Crippen LogP contribution in [-0.4, -0.2) is 22.5 Å². The molecule has 0 unspecified atom stereocenters. The van der Waals surface area contributed by atoms with E-state index in [0.717, 1.165) is 6.07 Å². The van der Waals surface area contributed by atoms with E-state index in [1.807, 2.05) is 0 Å². The second-order valence-corrected chi connectivity index (χ2v) is 5.80. The molecule has 3 rings (SSSR count). The molecule has 0 aliphatic carbocycles. The zero-order valence-corrected chi connectivity index (χ0v) is 13.5. The molecule has 0 fully saturated rings. The maximum Gasteiger partial charge on any atom is 0.358 e. The number of anilines is 1. The molecule has 0 saturated carbocycles. The molecule has 2 aromatic heterocycles. The van der Waals surface area contributed by atoms with Crippen LogP contribution >= 0.6 is 11.3 Å². The standard InChI is InChI=1S/C16H13F2N3O2S/c1-2-23-15(22)13-14-12(3-4-24-14)20-16(21-13)19-8-9-5-10(17)7-11(18)6-9/h3-7H,2,8H2,1H3,(H,19,20,21). The van der Waals surface area contributed by atoms with Crippen LogP contribution < -0.4 is 5.32 Å². The van der Waals surface area contributed by atoms with E-state index in [-0.39, 0.29) is 24.8 Å². The van der Waals surface area contributed by atoms with Crippen LogP contribution in [0.25, 0.3) is 10.2 Å². The van der Waals surface area contributed by atoms with Crippen LogP contribution in [0, 0.1) is 11.6 Å². The summed E-state index contributed by atoms with van der Waals surface area (Å²) in [7, 11) is 0. The Morgan fingerprint density at radius 1 is 1.25 bits per heavy atom. The summed E-state index contributed by atoms with van der Waals surface area (Å²) in [6, 6.07) is 4.99. The fourth-order valence-corrected chi connectivity index (χ4v) is 2.98. The molecule has 3 aromatic rings. The van der Waals surface area contributed by atoms with E-state index in [1.54, 1.807) is 18.4 Å². The van der Waals surface area contributed by atoms with E-state index < -0.39 is 17.6 Å². The van der Waals surface area contributed by atoms with Crippen LogP contribution in [0.3, 0.4) is 0 Å². The molecule has 124 valence electrons. The molecular weight excluding hydrogens is 336 g/mol. The Bertz CT molecular complexity index is 878. The van der Waals surface area contributed by atoms with Crippen molar-refractivity contribution < 1.29 is 18.3 Å². The van der Waals surface area contributed by atoms with E-state index in [0.29, 0.717) is 15.8 Å². The molecule has 0 aliphatic rings. The number of fused-ring (bicyclic) bond motifs is 1. The molecule has 1 N–H and O–H groups in total. The maximum absolute atomic E-state index is 13.2. The van der Waals surface area contributed by atoms with Gasteiger partial charge in [0, 0.05) is 12.6 Å². The average Bonchev–Trinajstić information content (AvgIpc) is 3.00. The molecule has 0 saturated heterocycles. The number of rotatable bonds is 5. The highest BCUT2D eigenvalue weighted by molar-refractivity contribution is 7.17. The number of thiophene rings is 1. The summed E-state index contributed by atoms with van der Waals surface area (Å²) in [6.45, 7) is 2.07.